The molecule has 1 aliphatic heterocycles. The normalized spacial score (nSPS) is 15.9. The molecule has 1 heterocycles. The SMILES string of the molecule is CCCN1CCC(=NNC(=O)c2ccccc2O)CC1. The molecule has 2 rings (SSSR count). The molecule has 0 atom stereocenters. The third-order valence-electron chi connectivity index (χ3n) is 3.44. The number of likely N-dealkylation sites (tertiary alicyclic amines) is 1. The lowest BCUT2D eigenvalue weighted by molar-refractivity contribution is 0.0951. The summed E-state index contributed by atoms with van der Waals surface area (Å²) in [5, 5.41) is 13.8. The van der Waals surface area contributed by atoms with Crippen LogP contribution in [0.5, 0.6) is 5.75 Å². The number of aromatic hydroxyl groups is 1. The molecule has 5 nitrogen and oxygen atoms in total. The monoisotopic (exact) mass is 275 g/mol. The zero-order valence-electron chi connectivity index (χ0n) is 11.8. The fourth-order valence-electron chi connectivity index (χ4n) is 2.32. The minimum Gasteiger partial charge on any atom is -0.507 e. The Labute approximate surface area is 119 Å². The van der Waals surface area contributed by atoms with Crippen molar-refractivity contribution in [3.8, 4) is 5.75 Å². The molecule has 0 unspecified atom stereocenters. The van der Waals surface area contributed by atoms with Crippen LogP contribution in [0.3, 0.4) is 0 Å². The van der Waals surface area contributed by atoms with E-state index in [2.05, 4.69) is 22.4 Å². The van der Waals surface area contributed by atoms with Crippen LogP contribution >= 0.6 is 0 Å². The van der Waals surface area contributed by atoms with Crippen molar-refractivity contribution in [2.24, 2.45) is 5.10 Å². The van der Waals surface area contributed by atoms with Crippen LogP contribution in [0, 0.1) is 0 Å². The smallest absolute Gasteiger partial charge is 0.275 e. The molecule has 5 heteroatoms. The van der Waals surface area contributed by atoms with Crippen molar-refractivity contribution < 1.29 is 9.90 Å². The first-order valence-corrected chi connectivity index (χ1v) is 7.07. The number of phenolic OH excluding ortho intramolecular Hbond substituents is 1. The summed E-state index contributed by atoms with van der Waals surface area (Å²) >= 11 is 0. The molecule has 0 bridgehead atoms. The van der Waals surface area contributed by atoms with Crippen LogP contribution in [0.25, 0.3) is 0 Å². The highest BCUT2D eigenvalue weighted by Crippen LogP contribution is 2.15. The number of hydrogen-bond donors (Lipinski definition) is 2. The Hall–Kier alpha value is -1.88. The molecule has 2 N–H and O–H groups in total. The van der Waals surface area contributed by atoms with Crippen LogP contribution < -0.4 is 5.43 Å². The molecule has 1 saturated heterocycles. The third kappa shape index (κ3) is 3.81. The number of rotatable bonds is 4. The Bertz CT molecular complexity index is 490. The van der Waals surface area contributed by atoms with Crippen molar-refractivity contribution in [1.82, 2.24) is 10.3 Å². The molecule has 0 radical (unpaired) electrons. The Balaban J connectivity index is 1.88. The minimum atomic E-state index is -0.369. The van der Waals surface area contributed by atoms with E-state index in [0.29, 0.717) is 0 Å². The summed E-state index contributed by atoms with van der Waals surface area (Å²) in [6.07, 6.45) is 2.94. The maximum Gasteiger partial charge on any atom is 0.275 e. The number of para-hydroxylation sites is 1. The van der Waals surface area contributed by atoms with Gasteiger partial charge in [0.25, 0.3) is 5.91 Å². The number of amides is 1. The fourth-order valence-corrected chi connectivity index (χ4v) is 2.32. The molecular weight excluding hydrogens is 254 g/mol. The van der Waals surface area contributed by atoms with Gasteiger partial charge >= 0.3 is 0 Å². The lowest BCUT2D eigenvalue weighted by Gasteiger charge is -2.26. The molecular formula is C15H21N3O2. The number of benzene rings is 1. The molecule has 0 saturated carbocycles. The van der Waals surface area contributed by atoms with Gasteiger partial charge < -0.3 is 10.0 Å². The largest absolute Gasteiger partial charge is 0.507 e. The predicted molar refractivity (Wildman–Crippen MR) is 79.0 cm³/mol. The third-order valence-corrected chi connectivity index (χ3v) is 3.44. The van der Waals surface area contributed by atoms with E-state index in [1.807, 2.05) is 0 Å². The summed E-state index contributed by atoms with van der Waals surface area (Å²) in [5.41, 5.74) is 3.79. The van der Waals surface area contributed by atoms with E-state index in [0.717, 1.165) is 44.6 Å². The standard InChI is InChI=1S/C15H21N3O2/c1-2-9-18-10-7-12(8-11-18)16-17-15(20)13-5-3-4-6-14(13)19/h3-6,19H,2,7-11H2,1H3,(H,17,20). The lowest BCUT2D eigenvalue weighted by Crippen LogP contribution is -2.35. The molecule has 0 aromatic heterocycles. The van der Waals surface area contributed by atoms with Crippen molar-refractivity contribution >= 4 is 11.6 Å². The van der Waals surface area contributed by atoms with Crippen molar-refractivity contribution in [2.45, 2.75) is 26.2 Å². The van der Waals surface area contributed by atoms with E-state index in [9.17, 15) is 9.90 Å². The van der Waals surface area contributed by atoms with E-state index < -0.39 is 0 Å². The number of nitrogens with zero attached hydrogens (tertiary/aromatic N) is 2. The summed E-state index contributed by atoms with van der Waals surface area (Å²) < 4.78 is 0. The van der Waals surface area contributed by atoms with Crippen LogP contribution in [0.15, 0.2) is 29.4 Å². The van der Waals surface area contributed by atoms with Crippen LogP contribution in [-0.2, 0) is 0 Å². The molecule has 108 valence electrons. The van der Waals surface area contributed by atoms with E-state index in [-0.39, 0.29) is 17.2 Å². The molecule has 1 aromatic rings. The minimum absolute atomic E-state index is 0.0250. The zero-order chi connectivity index (χ0) is 14.4. The number of phenols is 1. The van der Waals surface area contributed by atoms with Crippen molar-refractivity contribution in [3.05, 3.63) is 29.8 Å². The number of nitrogens with one attached hydrogen (secondary N) is 1. The van der Waals surface area contributed by atoms with E-state index in [1.54, 1.807) is 18.2 Å². The van der Waals surface area contributed by atoms with Gasteiger partial charge in [0.15, 0.2) is 0 Å². The topological polar surface area (TPSA) is 64.9 Å². The predicted octanol–water partition coefficient (Wildman–Crippen LogP) is 1.98. The molecule has 20 heavy (non-hydrogen) atoms. The van der Waals surface area contributed by atoms with E-state index in [1.165, 1.54) is 6.07 Å². The van der Waals surface area contributed by atoms with Gasteiger partial charge in [0, 0.05) is 31.6 Å². The number of piperidine rings is 1. The summed E-state index contributed by atoms with van der Waals surface area (Å²) in [6.45, 7) is 5.30. The van der Waals surface area contributed by atoms with Crippen LogP contribution in [-0.4, -0.2) is 41.3 Å². The highest BCUT2D eigenvalue weighted by Gasteiger charge is 2.15. The molecule has 1 amide bonds. The Morgan fingerprint density at radius 2 is 2.05 bits per heavy atom. The highest BCUT2D eigenvalue weighted by atomic mass is 16.3. The summed E-state index contributed by atoms with van der Waals surface area (Å²) in [7, 11) is 0. The molecule has 1 aliphatic rings. The number of carbonyl (C=O) groups excluding carboxylic acids is 1. The van der Waals surface area contributed by atoms with Crippen molar-refractivity contribution in [3.63, 3.8) is 0 Å². The first-order chi connectivity index (χ1) is 9.70. The van der Waals surface area contributed by atoms with Gasteiger partial charge in [-0.3, -0.25) is 4.79 Å². The van der Waals surface area contributed by atoms with Crippen molar-refractivity contribution in [2.75, 3.05) is 19.6 Å². The summed E-state index contributed by atoms with van der Waals surface area (Å²) in [6, 6.07) is 6.46. The van der Waals surface area contributed by atoms with Crippen LogP contribution in [0.1, 0.15) is 36.5 Å². The zero-order valence-corrected chi connectivity index (χ0v) is 11.8. The molecule has 1 aromatic carbocycles. The Morgan fingerprint density at radius 3 is 2.70 bits per heavy atom. The second-order valence-electron chi connectivity index (χ2n) is 4.98. The van der Waals surface area contributed by atoms with Gasteiger partial charge in [0.2, 0.25) is 0 Å². The first kappa shape index (κ1) is 14.5. The summed E-state index contributed by atoms with van der Waals surface area (Å²) in [5.74, 6) is -0.394. The van der Waals surface area contributed by atoms with Crippen LogP contribution in [0.4, 0.5) is 0 Å². The van der Waals surface area contributed by atoms with Gasteiger partial charge in [-0.25, -0.2) is 5.43 Å². The van der Waals surface area contributed by atoms with Crippen LogP contribution in [0.2, 0.25) is 0 Å². The van der Waals surface area contributed by atoms with Gasteiger partial charge in [-0.1, -0.05) is 19.1 Å². The maximum absolute atomic E-state index is 11.9. The van der Waals surface area contributed by atoms with Gasteiger partial charge in [0.1, 0.15) is 5.75 Å². The van der Waals surface area contributed by atoms with Crippen molar-refractivity contribution in [1.29, 1.82) is 0 Å². The average Bonchev–Trinajstić information content (AvgIpc) is 2.47. The molecule has 0 spiro atoms. The van der Waals surface area contributed by atoms with Gasteiger partial charge in [-0.05, 0) is 25.1 Å². The average molecular weight is 275 g/mol. The van der Waals surface area contributed by atoms with E-state index >= 15 is 0 Å². The Kier molecular flexibility index (Phi) is 5.12. The second-order valence-corrected chi connectivity index (χ2v) is 4.98. The Morgan fingerprint density at radius 1 is 1.35 bits per heavy atom. The fraction of sp³-hybridized carbons (Fsp3) is 0.467. The first-order valence-electron chi connectivity index (χ1n) is 7.07. The number of carbonyl (C=O) groups is 1. The second kappa shape index (κ2) is 7.05. The van der Waals surface area contributed by atoms with E-state index in [4.69, 9.17) is 0 Å². The number of hydrogen-bond acceptors (Lipinski definition) is 4. The summed E-state index contributed by atoms with van der Waals surface area (Å²) in [4.78, 5) is 14.3. The lowest BCUT2D eigenvalue weighted by atomic mass is 10.1. The van der Waals surface area contributed by atoms with Gasteiger partial charge in [0.05, 0.1) is 5.56 Å². The van der Waals surface area contributed by atoms with Gasteiger partial charge in [-0.2, -0.15) is 5.10 Å². The quantitative estimate of drug-likeness (QED) is 0.826. The number of hydrazone groups is 1. The highest BCUT2D eigenvalue weighted by molar-refractivity contribution is 5.97. The molecule has 1 fully saturated rings. The maximum atomic E-state index is 11.9. The molecule has 0 aliphatic carbocycles. The van der Waals surface area contributed by atoms with Gasteiger partial charge in [-0.15, -0.1) is 0 Å².